The van der Waals surface area contributed by atoms with Crippen molar-refractivity contribution in [3.63, 3.8) is 0 Å². The predicted molar refractivity (Wildman–Crippen MR) is 149 cm³/mol. The molecular weight excluding hydrogens is 545 g/mol. The lowest BCUT2D eigenvalue weighted by molar-refractivity contribution is -0.147. The number of benzene rings is 1. The fraction of sp³-hybridized carbons (Fsp3) is 0.357. The normalized spacial score (nSPS) is 18.8. The molecule has 8 nitrogen and oxygen atoms in total. The van der Waals surface area contributed by atoms with Crippen LogP contribution in [0.25, 0.3) is 28.0 Å². The SMILES string of the molecule is Cc1ccnc(C(C)C(F)(F)F)c1-n1c(=O)nc(N2C[C@@H](C)NC[C@@H]2C)c2cc(Cl)c(-c3ccccc3O)nc21. The Bertz CT molecular complexity index is 1660. The number of piperazine rings is 1. The molecule has 1 aliphatic heterocycles. The van der Waals surface area contributed by atoms with Crippen LogP contribution in [0.4, 0.5) is 19.0 Å². The standard InChI is InChI=1S/C28H28ClF3N6O2/c1-14-9-10-33-22(17(4)28(30,31)32)24(14)38-26-19(11-20(29)23(35-26)18-7-5-6-8-21(18)39)25(36-27(38)40)37-13-15(2)34-12-16(37)3/h5-11,15-17,34,39H,12-13H2,1-4H3/t15-,16+,17?/m1/s1. The molecule has 4 heterocycles. The molecule has 4 aromatic rings. The van der Waals surface area contributed by atoms with Crippen LogP contribution in [-0.2, 0) is 0 Å². The van der Waals surface area contributed by atoms with Gasteiger partial charge in [0.05, 0.1) is 33.4 Å². The lowest BCUT2D eigenvalue weighted by Gasteiger charge is -2.38. The van der Waals surface area contributed by atoms with Crippen LogP contribution in [0.1, 0.15) is 37.9 Å². The van der Waals surface area contributed by atoms with E-state index in [9.17, 15) is 23.1 Å². The molecule has 1 fully saturated rings. The average Bonchev–Trinajstić information content (AvgIpc) is 2.89. The van der Waals surface area contributed by atoms with Crippen LogP contribution >= 0.6 is 11.6 Å². The molecule has 2 N–H and O–H groups in total. The highest BCUT2D eigenvalue weighted by Gasteiger charge is 2.40. The summed E-state index contributed by atoms with van der Waals surface area (Å²) >= 11 is 6.72. The second kappa shape index (κ2) is 10.4. The van der Waals surface area contributed by atoms with Gasteiger partial charge in [-0.2, -0.15) is 18.2 Å². The number of phenols is 1. The molecule has 0 radical (unpaired) electrons. The molecule has 1 aliphatic rings. The molecule has 0 spiro atoms. The van der Waals surface area contributed by atoms with E-state index in [-0.39, 0.29) is 45.6 Å². The van der Waals surface area contributed by atoms with Crippen molar-refractivity contribution in [2.24, 2.45) is 0 Å². The van der Waals surface area contributed by atoms with E-state index < -0.39 is 17.8 Å². The van der Waals surface area contributed by atoms with Gasteiger partial charge in [-0.25, -0.2) is 14.3 Å². The first-order chi connectivity index (χ1) is 18.9. The number of halogens is 4. The van der Waals surface area contributed by atoms with Gasteiger partial charge in [0.25, 0.3) is 0 Å². The number of hydrogen-bond acceptors (Lipinski definition) is 7. The molecule has 1 saturated heterocycles. The summed E-state index contributed by atoms with van der Waals surface area (Å²) in [5, 5.41) is 14.5. The van der Waals surface area contributed by atoms with Crippen molar-refractivity contribution in [2.45, 2.75) is 51.9 Å². The fourth-order valence-electron chi connectivity index (χ4n) is 5.04. The Morgan fingerprint density at radius 1 is 1.18 bits per heavy atom. The second-order valence-electron chi connectivity index (χ2n) is 10.2. The number of nitrogens with one attached hydrogen (secondary N) is 1. The van der Waals surface area contributed by atoms with Crippen LogP contribution in [0, 0.1) is 6.92 Å². The highest BCUT2D eigenvalue weighted by molar-refractivity contribution is 6.34. The summed E-state index contributed by atoms with van der Waals surface area (Å²) in [6.45, 7) is 7.77. The van der Waals surface area contributed by atoms with E-state index >= 15 is 0 Å². The number of phenolic OH excluding ortho intramolecular Hbond substituents is 1. The second-order valence-corrected chi connectivity index (χ2v) is 10.6. The molecule has 0 saturated carbocycles. The van der Waals surface area contributed by atoms with Crippen molar-refractivity contribution in [2.75, 3.05) is 18.0 Å². The van der Waals surface area contributed by atoms with E-state index in [1.54, 1.807) is 31.2 Å². The van der Waals surface area contributed by atoms with Crippen LogP contribution in [0.2, 0.25) is 5.02 Å². The zero-order valence-corrected chi connectivity index (χ0v) is 23.0. The van der Waals surface area contributed by atoms with Crippen molar-refractivity contribution in [1.29, 1.82) is 0 Å². The van der Waals surface area contributed by atoms with Gasteiger partial charge in [0.15, 0.2) is 5.65 Å². The van der Waals surface area contributed by atoms with Gasteiger partial charge >= 0.3 is 11.9 Å². The van der Waals surface area contributed by atoms with E-state index in [4.69, 9.17) is 16.6 Å². The van der Waals surface area contributed by atoms with Gasteiger partial charge in [0, 0.05) is 36.9 Å². The number of nitrogens with zero attached hydrogens (tertiary/aromatic N) is 5. The lowest BCUT2D eigenvalue weighted by Crippen LogP contribution is -2.55. The monoisotopic (exact) mass is 572 g/mol. The first-order valence-electron chi connectivity index (χ1n) is 12.8. The Morgan fingerprint density at radius 3 is 2.60 bits per heavy atom. The number of para-hydroxylation sites is 1. The number of pyridine rings is 2. The van der Waals surface area contributed by atoms with Crippen LogP contribution in [0.5, 0.6) is 5.75 Å². The minimum atomic E-state index is -4.60. The van der Waals surface area contributed by atoms with Gasteiger partial charge in [-0.15, -0.1) is 0 Å². The maximum absolute atomic E-state index is 13.9. The summed E-state index contributed by atoms with van der Waals surface area (Å²) in [4.78, 5) is 29.0. The number of aromatic nitrogens is 4. The van der Waals surface area contributed by atoms with Crippen molar-refractivity contribution in [3.8, 4) is 22.7 Å². The van der Waals surface area contributed by atoms with Gasteiger partial charge in [0.1, 0.15) is 11.6 Å². The molecule has 210 valence electrons. The third kappa shape index (κ3) is 4.88. The quantitative estimate of drug-likeness (QED) is 0.340. The minimum absolute atomic E-state index is 0.0406. The summed E-state index contributed by atoms with van der Waals surface area (Å²) < 4.78 is 42.9. The summed E-state index contributed by atoms with van der Waals surface area (Å²) in [5.74, 6) is -1.72. The van der Waals surface area contributed by atoms with Gasteiger partial charge in [-0.3, -0.25) is 4.98 Å². The molecule has 1 unspecified atom stereocenters. The zero-order chi connectivity index (χ0) is 28.9. The van der Waals surface area contributed by atoms with E-state index in [1.165, 1.54) is 18.3 Å². The Hall–Kier alpha value is -3.70. The first-order valence-corrected chi connectivity index (χ1v) is 13.2. The molecule has 0 amide bonds. The predicted octanol–water partition coefficient (Wildman–Crippen LogP) is 5.36. The maximum atomic E-state index is 13.9. The summed E-state index contributed by atoms with van der Waals surface area (Å²) in [5.41, 5.74) is -0.233. The van der Waals surface area contributed by atoms with Crippen molar-refractivity contribution < 1.29 is 18.3 Å². The molecule has 0 bridgehead atoms. The Kier molecular flexibility index (Phi) is 7.22. The minimum Gasteiger partial charge on any atom is -0.507 e. The highest BCUT2D eigenvalue weighted by atomic mass is 35.5. The first kappa shape index (κ1) is 27.9. The van der Waals surface area contributed by atoms with Gasteiger partial charge < -0.3 is 15.3 Å². The van der Waals surface area contributed by atoms with Crippen molar-refractivity contribution >= 4 is 28.5 Å². The number of aromatic hydroxyl groups is 1. The Labute approximate surface area is 233 Å². The third-order valence-electron chi connectivity index (χ3n) is 7.28. The smallest absolute Gasteiger partial charge is 0.397 e. The number of anilines is 1. The molecule has 1 aromatic carbocycles. The van der Waals surface area contributed by atoms with Gasteiger partial charge in [-0.1, -0.05) is 23.7 Å². The number of hydrogen-bond donors (Lipinski definition) is 2. The van der Waals surface area contributed by atoms with Crippen LogP contribution in [0.3, 0.4) is 0 Å². The molecular formula is C28H28ClF3N6O2. The van der Waals surface area contributed by atoms with Crippen LogP contribution in [0.15, 0.2) is 47.4 Å². The third-order valence-corrected chi connectivity index (χ3v) is 7.56. The molecule has 12 heteroatoms. The van der Waals surface area contributed by atoms with Gasteiger partial charge in [0.2, 0.25) is 0 Å². The van der Waals surface area contributed by atoms with Crippen molar-refractivity contribution in [3.05, 3.63) is 69.4 Å². The number of aryl methyl sites for hydroxylation is 1. The molecule has 3 aromatic heterocycles. The average molecular weight is 573 g/mol. The van der Waals surface area contributed by atoms with Gasteiger partial charge in [-0.05, 0) is 57.5 Å². The number of rotatable bonds is 4. The number of fused-ring (bicyclic) bond motifs is 1. The topological polar surface area (TPSA) is 96.2 Å². The Morgan fingerprint density at radius 2 is 1.90 bits per heavy atom. The maximum Gasteiger partial charge on any atom is 0.397 e. The highest BCUT2D eigenvalue weighted by Crippen LogP contribution is 2.40. The molecule has 0 aliphatic carbocycles. The largest absolute Gasteiger partial charge is 0.507 e. The Balaban J connectivity index is 1.90. The summed E-state index contributed by atoms with van der Waals surface area (Å²) in [7, 11) is 0. The number of alkyl halides is 3. The van der Waals surface area contributed by atoms with Crippen molar-refractivity contribution in [1.82, 2.24) is 24.8 Å². The van der Waals surface area contributed by atoms with E-state index in [1.807, 2.05) is 18.7 Å². The summed E-state index contributed by atoms with van der Waals surface area (Å²) in [6.07, 6.45) is -3.32. The lowest BCUT2D eigenvalue weighted by atomic mass is 10.0. The molecule has 3 atom stereocenters. The zero-order valence-electron chi connectivity index (χ0n) is 22.3. The summed E-state index contributed by atoms with van der Waals surface area (Å²) in [6, 6.07) is 9.62. The van der Waals surface area contributed by atoms with Crippen LogP contribution in [-0.4, -0.2) is 56.0 Å². The van der Waals surface area contributed by atoms with E-state index in [2.05, 4.69) is 15.3 Å². The molecule has 5 rings (SSSR count). The van der Waals surface area contributed by atoms with Crippen LogP contribution < -0.4 is 15.9 Å². The fourth-order valence-corrected chi connectivity index (χ4v) is 5.29. The van der Waals surface area contributed by atoms with E-state index in [0.717, 1.165) is 11.5 Å². The van der Waals surface area contributed by atoms with E-state index in [0.29, 0.717) is 35.4 Å². The molecule has 40 heavy (non-hydrogen) atoms.